The molecule has 0 spiro atoms. The van der Waals surface area contributed by atoms with E-state index in [1.54, 1.807) is 0 Å². The maximum Gasteiger partial charge on any atom is 0.402 e. The molecular weight excluding hydrogens is 546 g/mol. The SMILES string of the molecule is [B]Cc1c([B])c(C(=O)O)c(C(=O)OC23CC4CC(C2)CC(C(=O)OCC(F)(F)S(=O)(=O)O)(C4)C3)c(C[B])c1C[B]. The summed E-state index contributed by atoms with van der Waals surface area (Å²) in [4.78, 5) is 39.0. The normalized spacial score (nSPS) is 27.4. The summed E-state index contributed by atoms with van der Waals surface area (Å²) in [7, 11) is 17.8. The summed E-state index contributed by atoms with van der Waals surface area (Å²) in [5, 5.41) is 5.24. The van der Waals surface area contributed by atoms with Crippen LogP contribution < -0.4 is 5.46 Å². The van der Waals surface area contributed by atoms with Crippen LogP contribution in [0.2, 0.25) is 0 Å². The second kappa shape index (κ2) is 10.5. The van der Waals surface area contributed by atoms with Crippen molar-refractivity contribution in [3.05, 3.63) is 27.8 Å². The van der Waals surface area contributed by atoms with Gasteiger partial charge < -0.3 is 14.6 Å². The van der Waals surface area contributed by atoms with E-state index in [9.17, 15) is 36.7 Å². The Labute approximate surface area is 235 Å². The molecule has 8 radical (unpaired) electrons. The first kappa shape index (κ1) is 30.6. The van der Waals surface area contributed by atoms with Crippen molar-refractivity contribution < 1.29 is 50.7 Å². The van der Waals surface area contributed by atoms with Gasteiger partial charge in [-0.15, -0.1) is 0 Å². The van der Waals surface area contributed by atoms with E-state index in [0.717, 1.165) is 0 Å². The van der Waals surface area contributed by atoms with Crippen LogP contribution in [0.5, 0.6) is 0 Å². The number of carbonyl (C=O) groups is 3. The summed E-state index contributed by atoms with van der Waals surface area (Å²) in [6.07, 6.45) is 1.21. The molecule has 0 aromatic heterocycles. The van der Waals surface area contributed by atoms with E-state index in [-0.39, 0.29) is 72.2 Å². The molecule has 40 heavy (non-hydrogen) atoms. The Morgan fingerprint density at radius 2 is 1.50 bits per heavy atom. The number of carboxylic acid groups (broad SMARTS) is 1. The molecule has 0 aliphatic heterocycles. The topological polar surface area (TPSA) is 144 Å². The third-order valence-corrected chi connectivity index (χ3v) is 9.28. The van der Waals surface area contributed by atoms with Crippen molar-refractivity contribution in [3.63, 3.8) is 0 Å². The first-order valence-electron chi connectivity index (χ1n) is 12.6. The molecule has 1 aromatic carbocycles. The molecule has 5 rings (SSSR count). The van der Waals surface area contributed by atoms with Crippen molar-refractivity contribution in [1.29, 1.82) is 0 Å². The van der Waals surface area contributed by atoms with Gasteiger partial charge in [-0.1, -0.05) is 35.6 Å². The molecule has 2 unspecified atom stereocenters. The fraction of sp³-hybridized carbons (Fsp3) is 0.625. The van der Waals surface area contributed by atoms with Crippen molar-refractivity contribution in [3.8, 4) is 0 Å². The number of carboxylic acids is 1. The largest absolute Gasteiger partial charge is 0.478 e. The molecule has 9 nitrogen and oxygen atoms in total. The van der Waals surface area contributed by atoms with Crippen molar-refractivity contribution in [1.82, 2.24) is 0 Å². The Balaban J connectivity index is 1.69. The van der Waals surface area contributed by atoms with Crippen LogP contribution in [0.3, 0.4) is 0 Å². The zero-order chi connectivity index (χ0) is 29.8. The van der Waals surface area contributed by atoms with Gasteiger partial charge in [0, 0.05) is 6.42 Å². The fourth-order valence-corrected chi connectivity index (χ4v) is 7.45. The lowest BCUT2D eigenvalue weighted by Gasteiger charge is -2.59. The lowest BCUT2D eigenvalue weighted by molar-refractivity contribution is -0.200. The predicted molar refractivity (Wildman–Crippen MR) is 140 cm³/mol. The Morgan fingerprint density at radius 1 is 0.950 bits per heavy atom. The highest BCUT2D eigenvalue weighted by molar-refractivity contribution is 7.86. The smallest absolute Gasteiger partial charge is 0.402 e. The maximum atomic E-state index is 13.8. The van der Waals surface area contributed by atoms with Gasteiger partial charge in [-0.2, -0.15) is 17.2 Å². The third-order valence-electron chi connectivity index (χ3n) is 8.40. The second-order valence-corrected chi connectivity index (χ2v) is 12.6. The lowest BCUT2D eigenvalue weighted by Crippen LogP contribution is -2.60. The van der Waals surface area contributed by atoms with Crippen LogP contribution in [0, 0.1) is 17.3 Å². The summed E-state index contributed by atoms with van der Waals surface area (Å²) in [6, 6.07) is 0. The van der Waals surface area contributed by atoms with E-state index in [0.29, 0.717) is 24.8 Å². The fourth-order valence-electron chi connectivity index (χ4n) is 7.25. The van der Waals surface area contributed by atoms with E-state index >= 15 is 0 Å². The summed E-state index contributed by atoms with van der Waals surface area (Å²) in [5.74, 6) is -3.91. The minimum atomic E-state index is -5.81. The number of halogens is 2. The third kappa shape index (κ3) is 5.10. The molecule has 16 heteroatoms. The zero-order valence-electron chi connectivity index (χ0n) is 21.5. The summed E-state index contributed by atoms with van der Waals surface area (Å²) >= 11 is 0. The molecule has 0 heterocycles. The molecule has 206 valence electrons. The first-order chi connectivity index (χ1) is 18.5. The number of hydrogen-bond acceptors (Lipinski definition) is 7. The highest BCUT2D eigenvalue weighted by Crippen LogP contribution is 2.63. The Hall–Kier alpha value is -2.34. The molecule has 2 atom stereocenters. The minimum Gasteiger partial charge on any atom is -0.478 e. The number of benzene rings is 1. The maximum absolute atomic E-state index is 13.8. The predicted octanol–water partition coefficient (Wildman–Crippen LogP) is 0.704. The number of esters is 2. The van der Waals surface area contributed by atoms with Gasteiger partial charge in [0.15, 0.2) is 6.61 Å². The van der Waals surface area contributed by atoms with Crippen molar-refractivity contribution in [2.24, 2.45) is 17.3 Å². The summed E-state index contributed by atoms with van der Waals surface area (Å²) in [6.45, 7) is -1.87. The number of hydrogen-bond donors (Lipinski definition) is 2. The minimum absolute atomic E-state index is 0.102. The van der Waals surface area contributed by atoms with Crippen LogP contribution in [0.1, 0.15) is 75.9 Å². The second-order valence-electron chi connectivity index (χ2n) is 11.0. The summed E-state index contributed by atoms with van der Waals surface area (Å²) in [5.41, 5.74) is -3.05. The van der Waals surface area contributed by atoms with Gasteiger partial charge in [-0.05, 0) is 49.5 Å². The lowest BCUT2D eigenvalue weighted by atomic mass is 9.48. The number of ether oxygens (including phenoxy) is 2. The van der Waals surface area contributed by atoms with Crippen LogP contribution in [-0.2, 0) is 43.3 Å². The Kier molecular flexibility index (Phi) is 8.03. The molecule has 0 saturated heterocycles. The molecule has 0 amide bonds. The Morgan fingerprint density at radius 3 is 1.98 bits per heavy atom. The van der Waals surface area contributed by atoms with E-state index in [2.05, 4.69) is 0 Å². The quantitative estimate of drug-likeness (QED) is 0.236. The van der Waals surface area contributed by atoms with Gasteiger partial charge in [0.1, 0.15) is 13.4 Å². The zero-order valence-corrected chi connectivity index (χ0v) is 22.3. The van der Waals surface area contributed by atoms with Crippen LogP contribution in [-0.4, -0.2) is 84.8 Å². The van der Waals surface area contributed by atoms with Crippen molar-refractivity contribution in [2.45, 2.75) is 68.3 Å². The van der Waals surface area contributed by atoms with Gasteiger partial charge in [0.2, 0.25) is 0 Å². The molecule has 4 aliphatic rings. The average Bonchev–Trinajstić information content (AvgIpc) is 2.84. The molecule has 2 N–H and O–H groups in total. The first-order valence-corrected chi connectivity index (χ1v) is 14.0. The molecule has 1 aromatic rings. The number of rotatable bonds is 10. The number of carbonyl (C=O) groups excluding carboxylic acids is 2. The van der Waals surface area contributed by atoms with Gasteiger partial charge in [0.05, 0.1) is 40.1 Å². The van der Waals surface area contributed by atoms with Gasteiger partial charge in [0.25, 0.3) is 0 Å². The molecular formula is C24H24B4F2O9S. The number of alkyl halides is 2. The van der Waals surface area contributed by atoms with Gasteiger partial charge in [-0.25, -0.2) is 9.59 Å². The summed E-state index contributed by atoms with van der Waals surface area (Å²) < 4.78 is 68.8. The average molecular weight is 570 g/mol. The van der Waals surface area contributed by atoms with Gasteiger partial charge >= 0.3 is 33.3 Å². The van der Waals surface area contributed by atoms with Crippen molar-refractivity contribution in [2.75, 3.05) is 6.61 Å². The number of aromatic carboxylic acids is 1. The standard InChI is InChI=1S/C24H24B4F2O9S/c25-6-13-14(7-26)16(17(19(31)32)18(28)15(13)8-27)20(33)39-23-4-11-1-12(5-23)3-22(2-11,9-23)21(34)38-10-24(29,30)40(35,36)37/h11-12H,1-10H2,(H,31,32)(H,35,36,37). The molecule has 4 saturated carbocycles. The van der Waals surface area contributed by atoms with Crippen molar-refractivity contribution >= 4 is 64.9 Å². The van der Waals surface area contributed by atoms with E-state index in [4.69, 9.17) is 45.4 Å². The molecule has 4 fully saturated rings. The Bertz CT molecular complexity index is 1350. The highest BCUT2D eigenvalue weighted by Gasteiger charge is 2.63. The highest BCUT2D eigenvalue weighted by atomic mass is 32.2. The van der Waals surface area contributed by atoms with E-state index in [1.807, 2.05) is 0 Å². The van der Waals surface area contributed by atoms with E-state index in [1.165, 1.54) is 0 Å². The van der Waals surface area contributed by atoms with Crippen LogP contribution in [0.4, 0.5) is 8.78 Å². The monoisotopic (exact) mass is 570 g/mol. The molecule has 4 bridgehead atoms. The van der Waals surface area contributed by atoms with Crippen LogP contribution in [0.15, 0.2) is 0 Å². The van der Waals surface area contributed by atoms with Crippen LogP contribution >= 0.6 is 0 Å². The molecule has 4 aliphatic carbocycles. The van der Waals surface area contributed by atoms with Gasteiger partial charge in [-0.3, -0.25) is 9.35 Å². The van der Waals surface area contributed by atoms with E-state index < -0.39 is 56.5 Å². The van der Waals surface area contributed by atoms with Crippen LogP contribution in [0.25, 0.3) is 0 Å².